The van der Waals surface area contributed by atoms with Crippen LogP contribution in [0.3, 0.4) is 0 Å². The van der Waals surface area contributed by atoms with Gasteiger partial charge in [-0.05, 0) is 19.4 Å². The molecule has 0 aromatic carbocycles. The number of rotatable bonds is 16. The lowest BCUT2D eigenvalue weighted by Gasteiger charge is -2.13. The molecule has 6 heteroatoms. The van der Waals surface area contributed by atoms with E-state index < -0.39 is 17.9 Å². The van der Waals surface area contributed by atoms with Crippen LogP contribution in [0.1, 0.15) is 84.0 Å². The van der Waals surface area contributed by atoms with E-state index in [2.05, 4.69) is 12.2 Å². The van der Waals surface area contributed by atoms with Crippen molar-refractivity contribution in [3.63, 3.8) is 0 Å². The van der Waals surface area contributed by atoms with Crippen molar-refractivity contribution < 1.29 is 14.7 Å². The van der Waals surface area contributed by atoms with E-state index in [0.29, 0.717) is 6.54 Å². The summed E-state index contributed by atoms with van der Waals surface area (Å²) in [6.07, 6.45) is 13.0. The van der Waals surface area contributed by atoms with Crippen molar-refractivity contribution in [1.82, 2.24) is 5.32 Å². The van der Waals surface area contributed by atoms with Gasteiger partial charge < -0.3 is 16.2 Å². The molecule has 0 aromatic heterocycles. The Morgan fingerprint density at radius 3 is 1.87 bits per heavy atom. The largest absolute Gasteiger partial charge is 0.480 e. The monoisotopic (exact) mass is 350 g/mol. The fraction of sp³-hybridized carbons (Fsp3) is 0.882. The predicted octanol–water partition coefficient (Wildman–Crippen LogP) is 3.64. The number of nitrogens with one attached hydrogen (secondary N) is 1. The number of amides is 1. The van der Waals surface area contributed by atoms with Gasteiger partial charge in [0, 0.05) is 6.42 Å². The predicted molar refractivity (Wildman–Crippen MR) is 96.9 cm³/mol. The highest BCUT2D eigenvalue weighted by molar-refractivity contribution is 5.85. The van der Waals surface area contributed by atoms with Gasteiger partial charge in [0.05, 0.1) is 0 Å². The molecule has 0 bridgehead atoms. The minimum Gasteiger partial charge on any atom is -0.480 e. The molecular weight excluding hydrogens is 316 g/mol. The topological polar surface area (TPSA) is 92.4 Å². The molecule has 0 aliphatic rings. The highest BCUT2D eigenvalue weighted by Gasteiger charge is 2.16. The van der Waals surface area contributed by atoms with E-state index in [-0.39, 0.29) is 25.2 Å². The van der Waals surface area contributed by atoms with Crippen molar-refractivity contribution in [1.29, 1.82) is 0 Å². The van der Waals surface area contributed by atoms with Crippen LogP contribution in [0.5, 0.6) is 0 Å². The summed E-state index contributed by atoms with van der Waals surface area (Å²) in [7, 11) is 0. The zero-order valence-corrected chi connectivity index (χ0v) is 15.3. The molecule has 0 rings (SSSR count). The number of carbonyl (C=O) groups excluding carboxylic acids is 1. The average Bonchev–Trinajstić information content (AvgIpc) is 2.47. The zero-order valence-electron chi connectivity index (χ0n) is 14.5. The Kier molecular flexibility index (Phi) is 18.6. The van der Waals surface area contributed by atoms with Crippen LogP contribution in [0, 0.1) is 0 Å². The Morgan fingerprint density at radius 1 is 0.957 bits per heavy atom. The fourth-order valence-corrected chi connectivity index (χ4v) is 2.49. The molecule has 1 atom stereocenters. The normalized spacial score (nSPS) is 11.7. The Bertz CT molecular complexity index is 302. The van der Waals surface area contributed by atoms with Gasteiger partial charge in [0.1, 0.15) is 6.04 Å². The van der Waals surface area contributed by atoms with Crippen molar-refractivity contribution in [2.75, 3.05) is 6.54 Å². The van der Waals surface area contributed by atoms with Crippen LogP contribution in [0.15, 0.2) is 0 Å². The molecule has 0 aliphatic carbocycles. The van der Waals surface area contributed by atoms with Crippen LogP contribution in [-0.2, 0) is 9.59 Å². The summed E-state index contributed by atoms with van der Waals surface area (Å²) >= 11 is 0. The molecule has 0 aliphatic heterocycles. The average molecular weight is 351 g/mol. The number of nitrogens with two attached hydrogens (primary N) is 1. The molecule has 0 fully saturated rings. The molecule has 1 amide bonds. The summed E-state index contributed by atoms with van der Waals surface area (Å²) in [5, 5.41) is 12.0. The number of hydrogen-bond donors (Lipinski definition) is 3. The van der Waals surface area contributed by atoms with E-state index in [9.17, 15) is 9.59 Å². The maximum atomic E-state index is 11.0. The number of hydrogen-bond acceptors (Lipinski definition) is 3. The van der Waals surface area contributed by atoms with Crippen LogP contribution in [0.4, 0.5) is 0 Å². The third-order valence-corrected chi connectivity index (χ3v) is 3.90. The zero-order chi connectivity index (χ0) is 16.6. The Labute approximate surface area is 147 Å². The number of aliphatic carboxylic acids is 1. The Morgan fingerprint density at radius 2 is 1.43 bits per heavy atom. The fourth-order valence-electron chi connectivity index (χ4n) is 2.49. The summed E-state index contributed by atoms with van der Waals surface area (Å²) in [5.41, 5.74) is 5.04. The molecule has 0 unspecified atom stereocenters. The molecule has 0 radical (unpaired) electrons. The number of primary amides is 1. The maximum Gasteiger partial charge on any atom is 0.320 e. The van der Waals surface area contributed by atoms with Gasteiger partial charge >= 0.3 is 5.97 Å². The highest BCUT2D eigenvalue weighted by atomic mass is 35.5. The summed E-state index contributed by atoms with van der Waals surface area (Å²) in [5.74, 6) is -1.36. The second-order valence-corrected chi connectivity index (χ2v) is 6.03. The van der Waals surface area contributed by atoms with Gasteiger partial charge in [-0.25, -0.2) is 0 Å². The van der Waals surface area contributed by atoms with Crippen molar-refractivity contribution in [2.45, 2.75) is 90.0 Å². The summed E-state index contributed by atoms with van der Waals surface area (Å²) in [4.78, 5) is 21.7. The van der Waals surface area contributed by atoms with Crippen LogP contribution in [0.25, 0.3) is 0 Å². The third-order valence-electron chi connectivity index (χ3n) is 3.90. The SMILES string of the molecule is CCCCCCCCCCCCN[C@@H](CCC(N)=O)C(=O)O.Cl. The van der Waals surface area contributed by atoms with Gasteiger partial charge in [-0.15, -0.1) is 12.4 Å². The van der Waals surface area contributed by atoms with Gasteiger partial charge in [-0.2, -0.15) is 0 Å². The van der Waals surface area contributed by atoms with Crippen LogP contribution in [-0.4, -0.2) is 29.6 Å². The number of carboxylic acids is 1. The lowest BCUT2D eigenvalue weighted by molar-refractivity contribution is -0.139. The maximum absolute atomic E-state index is 11.0. The minimum absolute atomic E-state index is 0. The smallest absolute Gasteiger partial charge is 0.320 e. The number of carbonyl (C=O) groups is 2. The number of carboxylic acid groups (broad SMARTS) is 1. The molecule has 23 heavy (non-hydrogen) atoms. The first-order valence-corrected chi connectivity index (χ1v) is 8.82. The van der Waals surface area contributed by atoms with Crippen molar-refractivity contribution in [3.05, 3.63) is 0 Å². The third kappa shape index (κ3) is 17.4. The lowest BCUT2D eigenvalue weighted by atomic mass is 10.1. The van der Waals surface area contributed by atoms with Gasteiger partial charge in [0.2, 0.25) is 5.91 Å². The van der Waals surface area contributed by atoms with E-state index in [1.807, 2.05) is 0 Å². The summed E-state index contributed by atoms with van der Waals surface area (Å²) in [6, 6.07) is -0.661. The van der Waals surface area contributed by atoms with Gasteiger partial charge in [-0.3, -0.25) is 9.59 Å². The standard InChI is InChI=1S/C17H34N2O3.ClH/c1-2-3-4-5-6-7-8-9-10-11-14-19-15(17(21)22)12-13-16(18)20;/h15,19H,2-14H2,1H3,(H2,18,20)(H,21,22);1H/t15-;/m0./s1. The molecule has 0 spiro atoms. The molecule has 0 saturated carbocycles. The quantitative estimate of drug-likeness (QED) is 0.370. The van der Waals surface area contributed by atoms with Crippen molar-refractivity contribution >= 4 is 24.3 Å². The first kappa shape index (κ1) is 24.4. The van der Waals surface area contributed by atoms with Gasteiger partial charge in [0.15, 0.2) is 0 Å². The Hall–Kier alpha value is -0.810. The second-order valence-electron chi connectivity index (χ2n) is 6.03. The van der Waals surface area contributed by atoms with Crippen molar-refractivity contribution in [2.24, 2.45) is 5.73 Å². The Balaban J connectivity index is 0. The number of unbranched alkanes of at least 4 members (excludes halogenated alkanes) is 9. The second kappa shape index (κ2) is 17.5. The van der Waals surface area contributed by atoms with Crippen LogP contribution in [0.2, 0.25) is 0 Å². The van der Waals surface area contributed by atoms with E-state index in [1.54, 1.807) is 0 Å². The molecule has 138 valence electrons. The minimum atomic E-state index is -0.909. The molecule has 4 N–H and O–H groups in total. The molecule has 0 heterocycles. The molecule has 0 saturated heterocycles. The molecule has 0 aromatic rings. The van der Waals surface area contributed by atoms with E-state index >= 15 is 0 Å². The van der Waals surface area contributed by atoms with Crippen molar-refractivity contribution in [3.8, 4) is 0 Å². The van der Waals surface area contributed by atoms with Gasteiger partial charge in [-0.1, -0.05) is 64.7 Å². The number of halogens is 1. The van der Waals surface area contributed by atoms with E-state index in [1.165, 1.54) is 51.4 Å². The highest BCUT2D eigenvalue weighted by Crippen LogP contribution is 2.10. The molecule has 5 nitrogen and oxygen atoms in total. The first-order chi connectivity index (χ1) is 10.6. The lowest BCUT2D eigenvalue weighted by Crippen LogP contribution is -2.38. The first-order valence-electron chi connectivity index (χ1n) is 8.82. The molecular formula is C17H35ClN2O3. The van der Waals surface area contributed by atoms with E-state index in [4.69, 9.17) is 10.8 Å². The van der Waals surface area contributed by atoms with Crippen LogP contribution >= 0.6 is 12.4 Å². The summed E-state index contributed by atoms with van der Waals surface area (Å²) in [6.45, 7) is 2.92. The summed E-state index contributed by atoms with van der Waals surface area (Å²) < 4.78 is 0. The van der Waals surface area contributed by atoms with Gasteiger partial charge in [0.25, 0.3) is 0 Å². The van der Waals surface area contributed by atoms with Crippen LogP contribution < -0.4 is 11.1 Å². The van der Waals surface area contributed by atoms with E-state index in [0.717, 1.165) is 12.8 Å².